The predicted octanol–water partition coefficient (Wildman–Crippen LogP) is 2.32. The van der Waals surface area contributed by atoms with Crippen LogP contribution in [0.3, 0.4) is 0 Å². The van der Waals surface area contributed by atoms with E-state index in [0.29, 0.717) is 5.56 Å². The van der Waals surface area contributed by atoms with Gasteiger partial charge in [0.2, 0.25) is 0 Å². The van der Waals surface area contributed by atoms with Crippen molar-refractivity contribution in [3.05, 3.63) is 53.1 Å². The Kier molecular flexibility index (Phi) is 6.06. The smallest absolute Gasteiger partial charge is 0.359 e. The van der Waals surface area contributed by atoms with Crippen molar-refractivity contribution < 1.29 is 18.7 Å². The molecule has 0 saturated carbocycles. The third-order valence-electron chi connectivity index (χ3n) is 3.48. The minimum absolute atomic E-state index is 0.103. The first-order valence-corrected chi connectivity index (χ1v) is 7.70. The summed E-state index contributed by atoms with van der Waals surface area (Å²) in [4.78, 5) is 25.2. The highest BCUT2D eigenvalue weighted by atomic mass is 19.1. The van der Waals surface area contributed by atoms with Gasteiger partial charge in [-0.05, 0) is 18.6 Å². The third kappa shape index (κ3) is 4.65. The topological polar surface area (TPSA) is 75.3 Å². The second-order valence-electron chi connectivity index (χ2n) is 5.45. The van der Waals surface area contributed by atoms with E-state index >= 15 is 0 Å². The highest BCUT2D eigenvalue weighted by Gasteiger charge is 2.16. The second-order valence-corrected chi connectivity index (χ2v) is 5.45. The number of nitrogens with zero attached hydrogens (tertiary/aromatic N) is 2. The molecule has 0 bridgehead atoms. The van der Waals surface area contributed by atoms with Crippen LogP contribution in [-0.2, 0) is 22.5 Å². The zero-order chi connectivity index (χ0) is 17.5. The molecule has 0 saturated heterocycles. The molecule has 0 fully saturated rings. The van der Waals surface area contributed by atoms with E-state index < -0.39 is 18.5 Å². The molecule has 2 aromatic rings. The standard InChI is InChI=1S/C17H20FN3O3/c1-3-6-13-9-15(20-19-13)17(23)24-11-16(22)21(2)10-12-7-4-5-8-14(12)18/h4-5,7-9H,3,6,10-11H2,1-2H3,(H,19,20). The third-order valence-corrected chi connectivity index (χ3v) is 3.48. The molecule has 0 spiro atoms. The van der Waals surface area contributed by atoms with Crippen LogP contribution in [0.5, 0.6) is 0 Å². The number of aromatic amines is 1. The molecule has 128 valence electrons. The molecule has 24 heavy (non-hydrogen) atoms. The van der Waals surface area contributed by atoms with Gasteiger partial charge in [-0.15, -0.1) is 0 Å². The van der Waals surface area contributed by atoms with Gasteiger partial charge >= 0.3 is 5.97 Å². The van der Waals surface area contributed by atoms with E-state index in [2.05, 4.69) is 10.2 Å². The molecule has 0 unspecified atom stereocenters. The maximum Gasteiger partial charge on any atom is 0.359 e. The van der Waals surface area contributed by atoms with Crippen LogP contribution in [0.1, 0.15) is 35.1 Å². The minimum Gasteiger partial charge on any atom is -0.451 e. The number of aromatic nitrogens is 2. The second kappa shape index (κ2) is 8.24. The number of benzene rings is 1. The Morgan fingerprint density at radius 2 is 2.08 bits per heavy atom. The molecular formula is C17H20FN3O3. The summed E-state index contributed by atoms with van der Waals surface area (Å²) < 4.78 is 18.5. The molecule has 6 nitrogen and oxygen atoms in total. The summed E-state index contributed by atoms with van der Waals surface area (Å²) in [6, 6.07) is 7.82. The summed E-state index contributed by atoms with van der Waals surface area (Å²) in [5.41, 5.74) is 1.38. The number of hydrogen-bond donors (Lipinski definition) is 1. The number of amides is 1. The first kappa shape index (κ1) is 17.7. The van der Waals surface area contributed by atoms with Crippen molar-refractivity contribution in [3.8, 4) is 0 Å². The fourth-order valence-electron chi connectivity index (χ4n) is 2.15. The van der Waals surface area contributed by atoms with Gasteiger partial charge in [0.1, 0.15) is 5.82 Å². The molecule has 1 heterocycles. The van der Waals surface area contributed by atoms with E-state index in [1.807, 2.05) is 6.92 Å². The van der Waals surface area contributed by atoms with Gasteiger partial charge in [0.25, 0.3) is 5.91 Å². The Balaban J connectivity index is 1.85. The van der Waals surface area contributed by atoms with Gasteiger partial charge in [-0.25, -0.2) is 9.18 Å². The van der Waals surface area contributed by atoms with E-state index in [0.717, 1.165) is 18.5 Å². The maximum atomic E-state index is 13.6. The van der Waals surface area contributed by atoms with Crippen LogP contribution in [0.15, 0.2) is 30.3 Å². The van der Waals surface area contributed by atoms with Crippen LogP contribution < -0.4 is 0 Å². The van der Waals surface area contributed by atoms with Crippen LogP contribution in [0, 0.1) is 5.82 Å². The van der Waals surface area contributed by atoms with Crippen molar-refractivity contribution >= 4 is 11.9 Å². The van der Waals surface area contributed by atoms with Crippen LogP contribution in [-0.4, -0.2) is 40.6 Å². The molecule has 1 aromatic carbocycles. The number of rotatable bonds is 7. The molecule has 0 aliphatic carbocycles. The molecule has 0 atom stereocenters. The number of carbonyl (C=O) groups excluding carboxylic acids is 2. The lowest BCUT2D eigenvalue weighted by molar-refractivity contribution is -0.133. The summed E-state index contributed by atoms with van der Waals surface area (Å²) in [6.45, 7) is 1.70. The van der Waals surface area contributed by atoms with Crippen LogP contribution >= 0.6 is 0 Å². The van der Waals surface area contributed by atoms with E-state index in [9.17, 15) is 14.0 Å². The van der Waals surface area contributed by atoms with Crippen molar-refractivity contribution in [2.45, 2.75) is 26.3 Å². The Labute approximate surface area is 139 Å². The quantitative estimate of drug-likeness (QED) is 0.789. The lowest BCUT2D eigenvalue weighted by Crippen LogP contribution is -2.31. The molecule has 0 radical (unpaired) electrons. The molecular weight excluding hydrogens is 313 g/mol. The van der Waals surface area contributed by atoms with E-state index in [-0.39, 0.29) is 18.1 Å². The zero-order valence-electron chi connectivity index (χ0n) is 13.7. The number of ether oxygens (including phenoxy) is 1. The number of aryl methyl sites for hydroxylation is 1. The Hall–Kier alpha value is -2.70. The van der Waals surface area contributed by atoms with Crippen molar-refractivity contribution in [3.63, 3.8) is 0 Å². The van der Waals surface area contributed by atoms with Crippen LogP contribution in [0.4, 0.5) is 4.39 Å². The molecule has 2 rings (SSSR count). The van der Waals surface area contributed by atoms with Gasteiger partial charge in [0.15, 0.2) is 12.3 Å². The van der Waals surface area contributed by atoms with Crippen molar-refractivity contribution in [2.24, 2.45) is 0 Å². The van der Waals surface area contributed by atoms with Gasteiger partial charge in [0.05, 0.1) is 0 Å². The molecule has 0 aliphatic heterocycles. The first-order valence-electron chi connectivity index (χ1n) is 7.70. The van der Waals surface area contributed by atoms with Gasteiger partial charge in [0, 0.05) is 24.8 Å². The van der Waals surface area contributed by atoms with Crippen LogP contribution in [0.25, 0.3) is 0 Å². The lowest BCUT2D eigenvalue weighted by Gasteiger charge is -2.17. The predicted molar refractivity (Wildman–Crippen MR) is 85.7 cm³/mol. The molecule has 0 aliphatic rings. The van der Waals surface area contributed by atoms with Crippen LogP contribution in [0.2, 0.25) is 0 Å². The minimum atomic E-state index is -0.666. The van der Waals surface area contributed by atoms with E-state index in [1.165, 1.54) is 18.0 Å². The highest BCUT2D eigenvalue weighted by molar-refractivity contribution is 5.89. The Morgan fingerprint density at radius 3 is 2.79 bits per heavy atom. The SMILES string of the molecule is CCCc1cc(C(=O)OCC(=O)N(C)Cc2ccccc2F)n[nH]1. The maximum absolute atomic E-state index is 13.6. The van der Waals surface area contributed by atoms with Gasteiger partial charge in [-0.3, -0.25) is 9.89 Å². The number of H-pyrrole nitrogens is 1. The van der Waals surface area contributed by atoms with E-state index in [1.54, 1.807) is 24.3 Å². The number of nitrogens with one attached hydrogen (secondary N) is 1. The first-order chi connectivity index (χ1) is 11.5. The molecule has 1 N–H and O–H groups in total. The van der Waals surface area contributed by atoms with Crippen molar-refractivity contribution in [1.82, 2.24) is 15.1 Å². The van der Waals surface area contributed by atoms with E-state index in [4.69, 9.17) is 4.74 Å². The number of carbonyl (C=O) groups is 2. The fourth-order valence-corrected chi connectivity index (χ4v) is 2.15. The summed E-state index contributed by atoms with van der Waals surface area (Å²) in [7, 11) is 1.52. The molecule has 7 heteroatoms. The summed E-state index contributed by atoms with van der Waals surface area (Å²) in [5.74, 6) is -1.47. The lowest BCUT2D eigenvalue weighted by atomic mass is 10.2. The number of halogens is 1. The summed E-state index contributed by atoms with van der Waals surface area (Å²) >= 11 is 0. The van der Waals surface area contributed by atoms with Gasteiger partial charge in [-0.1, -0.05) is 31.5 Å². The summed E-state index contributed by atoms with van der Waals surface area (Å²) in [6.07, 6.45) is 1.71. The fraction of sp³-hybridized carbons (Fsp3) is 0.353. The van der Waals surface area contributed by atoms with Gasteiger partial charge < -0.3 is 9.64 Å². The number of hydrogen-bond acceptors (Lipinski definition) is 4. The monoisotopic (exact) mass is 333 g/mol. The number of esters is 1. The Morgan fingerprint density at radius 1 is 1.33 bits per heavy atom. The normalized spacial score (nSPS) is 10.5. The largest absolute Gasteiger partial charge is 0.451 e. The van der Waals surface area contributed by atoms with Crippen molar-refractivity contribution in [2.75, 3.05) is 13.7 Å². The highest BCUT2D eigenvalue weighted by Crippen LogP contribution is 2.09. The zero-order valence-corrected chi connectivity index (χ0v) is 13.7. The molecule has 1 amide bonds. The van der Waals surface area contributed by atoms with Crippen molar-refractivity contribution in [1.29, 1.82) is 0 Å². The Bertz CT molecular complexity index is 715. The average Bonchev–Trinajstić information content (AvgIpc) is 3.03. The van der Waals surface area contributed by atoms with Gasteiger partial charge in [-0.2, -0.15) is 5.10 Å². The summed E-state index contributed by atoms with van der Waals surface area (Å²) in [5, 5.41) is 6.61. The average molecular weight is 333 g/mol. The number of likely N-dealkylation sites (N-methyl/N-ethyl adjacent to an activating group) is 1. The molecule has 1 aromatic heterocycles.